The lowest BCUT2D eigenvalue weighted by molar-refractivity contribution is 0.431. The van der Waals surface area contributed by atoms with E-state index in [1.807, 2.05) is 12.3 Å². The van der Waals surface area contributed by atoms with Crippen molar-refractivity contribution in [1.82, 2.24) is 4.98 Å². The SMILES string of the molecule is CSc1c(Oc2ccc(F)c(Br)c2)c(F)cc2[nH]ccc12. The Morgan fingerprint density at radius 2 is 1.95 bits per heavy atom. The van der Waals surface area contributed by atoms with Crippen molar-refractivity contribution in [3.63, 3.8) is 0 Å². The highest BCUT2D eigenvalue weighted by Crippen LogP contribution is 2.40. The molecule has 0 aliphatic carbocycles. The van der Waals surface area contributed by atoms with Crippen molar-refractivity contribution in [1.29, 1.82) is 0 Å². The first-order valence-corrected chi connectivity index (χ1v) is 8.08. The Labute approximate surface area is 132 Å². The molecule has 1 aromatic heterocycles. The third-order valence-electron chi connectivity index (χ3n) is 3.03. The van der Waals surface area contributed by atoms with Crippen LogP contribution in [-0.2, 0) is 0 Å². The number of benzene rings is 2. The van der Waals surface area contributed by atoms with Crippen molar-refractivity contribution < 1.29 is 13.5 Å². The van der Waals surface area contributed by atoms with Crippen LogP contribution in [0, 0.1) is 11.6 Å². The summed E-state index contributed by atoms with van der Waals surface area (Å²) in [5.74, 6) is -0.343. The average molecular weight is 370 g/mol. The highest BCUT2D eigenvalue weighted by atomic mass is 79.9. The van der Waals surface area contributed by atoms with E-state index in [-0.39, 0.29) is 10.2 Å². The second-order valence-electron chi connectivity index (χ2n) is 4.34. The number of hydrogen-bond acceptors (Lipinski definition) is 2. The molecular formula is C15H10BrF2NOS. The van der Waals surface area contributed by atoms with Gasteiger partial charge in [-0.3, -0.25) is 0 Å². The standard InChI is InChI=1S/C15H10BrF2NOS/c1-21-15-9-4-5-19-13(9)7-12(18)14(15)20-8-2-3-11(17)10(16)6-8/h2-7,19H,1H3. The molecular weight excluding hydrogens is 360 g/mol. The van der Waals surface area contributed by atoms with E-state index in [9.17, 15) is 8.78 Å². The zero-order valence-electron chi connectivity index (χ0n) is 10.9. The summed E-state index contributed by atoms with van der Waals surface area (Å²) in [5.41, 5.74) is 0.712. The van der Waals surface area contributed by atoms with E-state index < -0.39 is 11.6 Å². The first-order chi connectivity index (χ1) is 10.1. The van der Waals surface area contributed by atoms with Gasteiger partial charge in [0.2, 0.25) is 0 Å². The largest absolute Gasteiger partial charge is 0.453 e. The summed E-state index contributed by atoms with van der Waals surface area (Å²) in [4.78, 5) is 3.68. The maximum atomic E-state index is 14.3. The summed E-state index contributed by atoms with van der Waals surface area (Å²) < 4.78 is 33.4. The zero-order valence-corrected chi connectivity index (χ0v) is 13.3. The number of ether oxygens (including phenoxy) is 1. The molecule has 0 bridgehead atoms. The van der Waals surface area contributed by atoms with Crippen LogP contribution >= 0.6 is 27.7 Å². The topological polar surface area (TPSA) is 25.0 Å². The lowest BCUT2D eigenvalue weighted by Crippen LogP contribution is -1.93. The highest BCUT2D eigenvalue weighted by Gasteiger charge is 2.16. The summed E-state index contributed by atoms with van der Waals surface area (Å²) in [6.45, 7) is 0. The summed E-state index contributed by atoms with van der Waals surface area (Å²) >= 11 is 4.49. The van der Waals surface area contributed by atoms with E-state index in [0.717, 1.165) is 5.39 Å². The minimum absolute atomic E-state index is 0.146. The molecule has 2 aromatic carbocycles. The van der Waals surface area contributed by atoms with Crippen molar-refractivity contribution >= 4 is 38.6 Å². The van der Waals surface area contributed by atoms with Gasteiger partial charge in [-0.2, -0.15) is 0 Å². The third kappa shape index (κ3) is 2.65. The molecule has 0 aliphatic rings. The predicted molar refractivity (Wildman–Crippen MR) is 84.2 cm³/mol. The molecule has 108 valence electrons. The molecule has 0 radical (unpaired) electrons. The monoisotopic (exact) mass is 369 g/mol. The Hall–Kier alpha value is -1.53. The first-order valence-electron chi connectivity index (χ1n) is 6.06. The van der Waals surface area contributed by atoms with E-state index in [4.69, 9.17) is 4.74 Å². The predicted octanol–water partition coefficient (Wildman–Crippen LogP) is 5.72. The van der Waals surface area contributed by atoms with Gasteiger partial charge >= 0.3 is 0 Å². The van der Waals surface area contributed by atoms with Crippen LogP contribution in [-0.4, -0.2) is 11.2 Å². The van der Waals surface area contributed by atoms with E-state index >= 15 is 0 Å². The average Bonchev–Trinajstić information content (AvgIpc) is 2.91. The van der Waals surface area contributed by atoms with Crippen molar-refractivity contribution in [2.24, 2.45) is 0 Å². The second kappa shape index (κ2) is 5.69. The number of aromatic nitrogens is 1. The smallest absolute Gasteiger partial charge is 0.177 e. The summed E-state index contributed by atoms with van der Waals surface area (Å²) in [6, 6.07) is 7.47. The fraction of sp³-hybridized carbons (Fsp3) is 0.0667. The van der Waals surface area contributed by atoms with Crippen LogP contribution in [0.2, 0.25) is 0 Å². The number of aromatic amines is 1. The van der Waals surface area contributed by atoms with Crippen LogP contribution in [0.15, 0.2) is 45.9 Å². The van der Waals surface area contributed by atoms with Gasteiger partial charge in [0.25, 0.3) is 0 Å². The van der Waals surface area contributed by atoms with Crippen LogP contribution in [0.25, 0.3) is 10.9 Å². The molecule has 1 heterocycles. The first kappa shape index (κ1) is 14.4. The number of fused-ring (bicyclic) bond motifs is 1. The Kier molecular flexibility index (Phi) is 3.91. The van der Waals surface area contributed by atoms with Crippen LogP contribution in [0.1, 0.15) is 0 Å². The summed E-state index contributed by atoms with van der Waals surface area (Å²) in [5, 5.41) is 0.889. The summed E-state index contributed by atoms with van der Waals surface area (Å²) in [7, 11) is 0. The lowest BCUT2D eigenvalue weighted by Gasteiger charge is -2.12. The number of rotatable bonds is 3. The minimum Gasteiger partial charge on any atom is -0.453 e. The molecule has 1 N–H and O–H groups in total. The molecule has 0 atom stereocenters. The van der Waals surface area contributed by atoms with Crippen molar-refractivity contribution in [3.8, 4) is 11.5 Å². The molecule has 0 unspecified atom stereocenters. The van der Waals surface area contributed by atoms with Gasteiger partial charge in [0.15, 0.2) is 11.6 Å². The van der Waals surface area contributed by atoms with Gasteiger partial charge < -0.3 is 9.72 Å². The Balaban J connectivity index is 2.10. The molecule has 0 aliphatic heterocycles. The number of hydrogen-bond donors (Lipinski definition) is 1. The molecule has 21 heavy (non-hydrogen) atoms. The molecule has 2 nitrogen and oxygen atoms in total. The minimum atomic E-state index is -0.463. The zero-order chi connectivity index (χ0) is 15.0. The molecule has 3 aromatic rings. The van der Waals surface area contributed by atoms with E-state index in [0.29, 0.717) is 16.2 Å². The van der Waals surface area contributed by atoms with E-state index in [1.54, 1.807) is 6.20 Å². The lowest BCUT2D eigenvalue weighted by atomic mass is 10.2. The van der Waals surface area contributed by atoms with Gasteiger partial charge in [-0.05, 0) is 46.5 Å². The van der Waals surface area contributed by atoms with Crippen LogP contribution in [0.3, 0.4) is 0 Å². The van der Waals surface area contributed by atoms with Crippen LogP contribution < -0.4 is 4.74 Å². The quantitative estimate of drug-likeness (QED) is 0.597. The molecule has 0 spiro atoms. The Morgan fingerprint density at radius 1 is 1.14 bits per heavy atom. The fourth-order valence-corrected chi connectivity index (χ4v) is 3.16. The van der Waals surface area contributed by atoms with Gasteiger partial charge in [-0.1, -0.05) is 0 Å². The molecule has 0 saturated carbocycles. The van der Waals surface area contributed by atoms with Crippen LogP contribution in [0.4, 0.5) is 8.78 Å². The summed E-state index contributed by atoms with van der Waals surface area (Å²) in [6.07, 6.45) is 3.61. The van der Waals surface area contributed by atoms with Gasteiger partial charge in [0.1, 0.15) is 11.6 Å². The number of thioether (sulfide) groups is 1. The Morgan fingerprint density at radius 3 is 2.67 bits per heavy atom. The maximum absolute atomic E-state index is 14.3. The third-order valence-corrected chi connectivity index (χ3v) is 4.45. The van der Waals surface area contributed by atoms with Gasteiger partial charge in [-0.15, -0.1) is 11.8 Å². The van der Waals surface area contributed by atoms with Crippen molar-refractivity contribution in [3.05, 3.63) is 52.6 Å². The number of H-pyrrole nitrogens is 1. The molecule has 0 saturated heterocycles. The second-order valence-corrected chi connectivity index (χ2v) is 6.01. The Bertz CT molecular complexity index is 819. The number of nitrogens with one attached hydrogen (secondary N) is 1. The fourth-order valence-electron chi connectivity index (χ4n) is 2.08. The molecule has 0 amide bonds. The van der Waals surface area contributed by atoms with E-state index in [2.05, 4.69) is 20.9 Å². The van der Waals surface area contributed by atoms with E-state index in [1.165, 1.54) is 36.0 Å². The van der Waals surface area contributed by atoms with Gasteiger partial charge in [-0.25, -0.2) is 8.78 Å². The molecule has 0 fully saturated rings. The molecule has 3 rings (SSSR count). The number of halogens is 3. The van der Waals surface area contributed by atoms with Crippen LogP contribution in [0.5, 0.6) is 11.5 Å². The van der Waals surface area contributed by atoms with Crippen molar-refractivity contribution in [2.75, 3.05) is 6.26 Å². The highest BCUT2D eigenvalue weighted by molar-refractivity contribution is 9.10. The normalized spacial score (nSPS) is 11.0. The molecule has 6 heteroatoms. The van der Waals surface area contributed by atoms with Crippen molar-refractivity contribution in [2.45, 2.75) is 4.90 Å². The van der Waals surface area contributed by atoms with Gasteiger partial charge in [0.05, 0.1) is 9.37 Å². The van der Waals surface area contributed by atoms with Gasteiger partial charge in [0, 0.05) is 23.2 Å². The maximum Gasteiger partial charge on any atom is 0.177 e.